The van der Waals surface area contributed by atoms with E-state index in [0.717, 1.165) is 25.7 Å². The number of carboxylic acids is 1. The molecular weight excluding hydrogens is 235 g/mol. The number of carboxylic acid groups (broad SMARTS) is 1. The molecule has 0 spiro atoms. The molecule has 0 aromatic carbocycles. The summed E-state index contributed by atoms with van der Waals surface area (Å²) >= 11 is 0. The van der Waals surface area contributed by atoms with E-state index in [4.69, 9.17) is 5.11 Å². The average molecular weight is 251 g/mol. The van der Waals surface area contributed by atoms with Crippen molar-refractivity contribution in [3.05, 3.63) is 0 Å². The minimum absolute atomic E-state index is 0. The zero-order chi connectivity index (χ0) is 7.98. The van der Waals surface area contributed by atoms with Crippen LogP contribution in [0.3, 0.4) is 0 Å². The zero-order valence-corrected chi connectivity index (χ0v) is 8.63. The molecule has 0 rings (SSSR count). The van der Waals surface area contributed by atoms with Crippen molar-refractivity contribution in [2.45, 2.75) is 39.5 Å². The van der Waals surface area contributed by atoms with Gasteiger partial charge in [-0.3, -0.25) is 4.79 Å². The molecule has 0 aliphatic carbocycles. The number of aliphatic carboxylic acids is 1. The Morgan fingerprint density at radius 1 is 1.45 bits per heavy atom. The van der Waals surface area contributed by atoms with E-state index in [1.807, 2.05) is 6.92 Å². The van der Waals surface area contributed by atoms with Gasteiger partial charge in [-0.25, -0.2) is 0 Å². The summed E-state index contributed by atoms with van der Waals surface area (Å²) in [5.74, 6) is -0.754. The molecule has 0 saturated carbocycles. The smallest absolute Gasteiger partial charge is 0.481 e. The van der Waals surface area contributed by atoms with E-state index in [0.29, 0.717) is 0 Å². The maximum atomic E-state index is 10.4. The standard InChI is InChI=1S/C8H16O2.Pd/c1-3-5-6-7(4-2)8(9)10;/h7H,3-6H2,1-2H3,(H,9,10);/q;+2. The van der Waals surface area contributed by atoms with Crippen LogP contribution in [0.4, 0.5) is 0 Å². The van der Waals surface area contributed by atoms with Crippen LogP contribution >= 0.6 is 0 Å². The van der Waals surface area contributed by atoms with E-state index in [1.54, 1.807) is 0 Å². The topological polar surface area (TPSA) is 37.3 Å². The molecule has 11 heavy (non-hydrogen) atoms. The molecule has 1 atom stereocenters. The Morgan fingerprint density at radius 2 is 2.00 bits per heavy atom. The van der Waals surface area contributed by atoms with Crippen molar-refractivity contribution in [1.29, 1.82) is 0 Å². The minimum Gasteiger partial charge on any atom is -0.481 e. The van der Waals surface area contributed by atoms with Crippen LogP contribution in [0.15, 0.2) is 0 Å². The molecule has 0 saturated heterocycles. The van der Waals surface area contributed by atoms with Crippen LogP contribution in [0.5, 0.6) is 0 Å². The van der Waals surface area contributed by atoms with Crippen LogP contribution in [0, 0.1) is 5.92 Å². The normalized spacial score (nSPS) is 11.8. The van der Waals surface area contributed by atoms with Crippen molar-refractivity contribution in [1.82, 2.24) is 0 Å². The first kappa shape index (κ1) is 13.7. The van der Waals surface area contributed by atoms with Crippen LogP contribution in [0.1, 0.15) is 39.5 Å². The first-order chi connectivity index (χ1) is 4.72. The van der Waals surface area contributed by atoms with Crippen molar-refractivity contribution in [3.63, 3.8) is 0 Å². The summed E-state index contributed by atoms with van der Waals surface area (Å²) in [5, 5.41) is 8.60. The molecule has 0 aromatic heterocycles. The quantitative estimate of drug-likeness (QED) is 0.760. The number of carbonyl (C=O) groups is 1. The second-order valence-electron chi connectivity index (χ2n) is 2.59. The van der Waals surface area contributed by atoms with Crippen molar-refractivity contribution in [2.75, 3.05) is 0 Å². The predicted molar refractivity (Wildman–Crippen MR) is 40.9 cm³/mol. The molecule has 0 bridgehead atoms. The Hall–Kier alpha value is 0.132. The third-order valence-corrected chi connectivity index (χ3v) is 1.75. The zero-order valence-electron chi connectivity index (χ0n) is 7.08. The molecule has 0 radical (unpaired) electrons. The van der Waals surface area contributed by atoms with Gasteiger partial charge >= 0.3 is 26.4 Å². The Morgan fingerprint density at radius 3 is 2.27 bits per heavy atom. The number of hydrogen-bond acceptors (Lipinski definition) is 1. The van der Waals surface area contributed by atoms with Gasteiger partial charge in [0.05, 0.1) is 5.92 Å². The van der Waals surface area contributed by atoms with E-state index in [2.05, 4.69) is 6.92 Å². The van der Waals surface area contributed by atoms with Gasteiger partial charge < -0.3 is 5.11 Å². The van der Waals surface area contributed by atoms with Gasteiger partial charge in [0.1, 0.15) is 0 Å². The summed E-state index contributed by atoms with van der Waals surface area (Å²) in [6, 6.07) is 0. The Labute approximate surface area is 82.0 Å². The maximum absolute atomic E-state index is 10.4. The molecule has 68 valence electrons. The van der Waals surface area contributed by atoms with Gasteiger partial charge in [0.15, 0.2) is 0 Å². The second kappa shape index (κ2) is 8.23. The van der Waals surface area contributed by atoms with Gasteiger partial charge in [-0.05, 0) is 12.8 Å². The van der Waals surface area contributed by atoms with Crippen LogP contribution in [0.2, 0.25) is 0 Å². The predicted octanol–water partition coefficient (Wildman–Crippen LogP) is 2.28. The fourth-order valence-electron chi connectivity index (χ4n) is 0.953. The van der Waals surface area contributed by atoms with Crippen molar-refractivity contribution < 1.29 is 30.3 Å². The summed E-state index contributed by atoms with van der Waals surface area (Å²) in [5.41, 5.74) is 0. The molecule has 0 aromatic rings. The second-order valence-corrected chi connectivity index (χ2v) is 2.59. The van der Waals surface area contributed by atoms with Crippen LogP contribution in [-0.2, 0) is 25.2 Å². The van der Waals surface area contributed by atoms with Crippen molar-refractivity contribution in [2.24, 2.45) is 5.92 Å². The average Bonchev–Trinajstić information content (AvgIpc) is 1.89. The Kier molecular flexibility index (Phi) is 10.3. The van der Waals surface area contributed by atoms with E-state index < -0.39 is 5.97 Å². The first-order valence-electron chi connectivity index (χ1n) is 3.95. The molecule has 0 aliphatic heterocycles. The fraction of sp³-hybridized carbons (Fsp3) is 0.875. The number of unbranched alkanes of at least 4 members (excludes halogenated alkanes) is 1. The number of hydrogen-bond donors (Lipinski definition) is 1. The summed E-state index contributed by atoms with van der Waals surface area (Å²) in [6.07, 6.45) is 3.71. The van der Waals surface area contributed by atoms with Crippen LogP contribution in [0.25, 0.3) is 0 Å². The molecule has 1 unspecified atom stereocenters. The molecular formula is C8H16O2Pd+2. The van der Waals surface area contributed by atoms with Crippen molar-refractivity contribution >= 4 is 5.97 Å². The molecule has 1 N–H and O–H groups in total. The first-order valence-corrected chi connectivity index (χ1v) is 3.95. The summed E-state index contributed by atoms with van der Waals surface area (Å²) in [7, 11) is 0. The third-order valence-electron chi connectivity index (χ3n) is 1.75. The Balaban J connectivity index is 0. The van der Waals surface area contributed by atoms with Gasteiger partial charge in [-0.1, -0.05) is 26.7 Å². The summed E-state index contributed by atoms with van der Waals surface area (Å²) in [6.45, 7) is 4.00. The van der Waals surface area contributed by atoms with Gasteiger partial charge in [0, 0.05) is 0 Å². The summed E-state index contributed by atoms with van der Waals surface area (Å²) in [4.78, 5) is 10.4. The molecule has 3 heteroatoms. The van der Waals surface area contributed by atoms with E-state index >= 15 is 0 Å². The Bertz CT molecular complexity index is 104. The van der Waals surface area contributed by atoms with E-state index in [-0.39, 0.29) is 26.3 Å². The molecule has 0 fully saturated rings. The largest absolute Gasteiger partial charge is 2.00 e. The number of rotatable bonds is 5. The monoisotopic (exact) mass is 250 g/mol. The molecule has 0 aliphatic rings. The van der Waals surface area contributed by atoms with Gasteiger partial charge in [-0.2, -0.15) is 0 Å². The summed E-state index contributed by atoms with van der Waals surface area (Å²) < 4.78 is 0. The maximum Gasteiger partial charge on any atom is 2.00 e. The minimum atomic E-state index is -0.643. The fourth-order valence-corrected chi connectivity index (χ4v) is 0.953. The van der Waals surface area contributed by atoms with Crippen LogP contribution < -0.4 is 0 Å². The van der Waals surface area contributed by atoms with Gasteiger partial charge in [-0.15, -0.1) is 0 Å². The van der Waals surface area contributed by atoms with Crippen LogP contribution in [-0.4, -0.2) is 11.1 Å². The molecule has 0 amide bonds. The molecule has 0 heterocycles. The molecule has 2 nitrogen and oxygen atoms in total. The third kappa shape index (κ3) is 6.53. The van der Waals surface area contributed by atoms with Gasteiger partial charge in [0.2, 0.25) is 0 Å². The van der Waals surface area contributed by atoms with E-state index in [1.165, 1.54) is 0 Å². The van der Waals surface area contributed by atoms with Crippen molar-refractivity contribution in [3.8, 4) is 0 Å². The van der Waals surface area contributed by atoms with Gasteiger partial charge in [0.25, 0.3) is 0 Å². The SMILES string of the molecule is CCCCC(CC)C(=O)O.[Pd+2]. The van der Waals surface area contributed by atoms with E-state index in [9.17, 15) is 4.79 Å².